The number of carbonyl (C=O) groups excluding carboxylic acids is 1. The lowest BCUT2D eigenvalue weighted by Crippen LogP contribution is -2.41. The molecule has 0 aliphatic carbocycles. The number of aromatic nitrogens is 2. The standard InChI is InChI=1S/C16H12Cl2F3N3O4/c1-23-12(16(19,20)21)7-13(25)24(15(23)27)11-4-3-9(17)5-8(11)6-10(18)14(26)22-28-2/h3-7H,1-2H3,(H,22,26). The van der Waals surface area contributed by atoms with Crippen LogP contribution in [-0.4, -0.2) is 22.2 Å². The summed E-state index contributed by atoms with van der Waals surface area (Å²) in [7, 11) is 2.06. The Morgan fingerprint density at radius 3 is 2.46 bits per heavy atom. The molecule has 0 aliphatic heterocycles. The van der Waals surface area contributed by atoms with Crippen LogP contribution in [0.4, 0.5) is 13.2 Å². The van der Waals surface area contributed by atoms with E-state index in [1.54, 1.807) is 0 Å². The Labute approximate surface area is 165 Å². The fourth-order valence-corrected chi connectivity index (χ4v) is 2.64. The van der Waals surface area contributed by atoms with Crippen molar-refractivity contribution in [1.29, 1.82) is 0 Å². The average Bonchev–Trinajstić information content (AvgIpc) is 2.59. The highest BCUT2D eigenvalue weighted by atomic mass is 35.5. The van der Waals surface area contributed by atoms with E-state index < -0.39 is 29.0 Å². The largest absolute Gasteiger partial charge is 0.431 e. The highest BCUT2D eigenvalue weighted by Gasteiger charge is 2.35. The summed E-state index contributed by atoms with van der Waals surface area (Å²) in [6.07, 6.45) is -3.81. The Hall–Kier alpha value is -2.56. The Kier molecular flexibility index (Phi) is 6.37. The molecule has 0 atom stereocenters. The molecule has 0 unspecified atom stereocenters. The Balaban J connectivity index is 2.76. The van der Waals surface area contributed by atoms with Crippen LogP contribution in [0.25, 0.3) is 11.8 Å². The lowest BCUT2D eigenvalue weighted by Gasteiger charge is -2.15. The first-order valence-corrected chi connectivity index (χ1v) is 8.13. The summed E-state index contributed by atoms with van der Waals surface area (Å²) in [5.74, 6) is -0.831. The van der Waals surface area contributed by atoms with Gasteiger partial charge in [0.2, 0.25) is 0 Å². The van der Waals surface area contributed by atoms with E-state index in [-0.39, 0.29) is 21.3 Å². The van der Waals surface area contributed by atoms with Crippen LogP contribution in [0.2, 0.25) is 5.02 Å². The van der Waals surface area contributed by atoms with Crippen molar-refractivity contribution in [3.63, 3.8) is 0 Å². The van der Waals surface area contributed by atoms with Gasteiger partial charge in [-0.15, -0.1) is 0 Å². The third-order valence-corrected chi connectivity index (χ3v) is 4.05. The molecule has 1 N–H and O–H groups in total. The molecule has 2 aromatic rings. The summed E-state index contributed by atoms with van der Waals surface area (Å²) in [6.45, 7) is 0. The summed E-state index contributed by atoms with van der Waals surface area (Å²) >= 11 is 11.8. The van der Waals surface area contributed by atoms with Crippen molar-refractivity contribution in [2.75, 3.05) is 7.11 Å². The minimum absolute atomic E-state index is 0.0442. The van der Waals surface area contributed by atoms with E-state index in [9.17, 15) is 27.6 Å². The number of nitrogens with zero attached hydrogens (tertiary/aromatic N) is 2. The third-order valence-electron chi connectivity index (χ3n) is 3.53. The van der Waals surface area contributed by atoms with E-state index in [4.69, 9.17) is 23.2 Å². The number of alkyl halides is 3. The second kappa shape index (κ2) is 8.21. The molecule has 7 nitrogen and oxygen atoms in total. The normalized spacial score (nSPS) is 12.2. The summed E-state index contributed by atoms with van der Waals surface area (Å²) in [4.78, 5) is 40.9. The molecule has 150 valence electrons. The molecule has 0 aliphatic rings. The molecule has 2 rings (SSSR count). The second-order valence-electron chi connectivity index (χ2n) is 5.37. The maximum atomic E-state index is 13.0. The van der Waals surface area contributed by atoms with Crippen molar-refractivity contribution >= 4 is 35.2 Å². The van der Waals surface area contributed by atoms with E-state index in [2.05, 4.69) is 4.84 Å². The lowest BCUT2D eigenvalue weighted by atomic mass is 10.1. The van der Waals surface area contributed by atoms with Gasteiger partial charge in [-0.05, 0) is 24.3 Å². The first-order chi connectivity index (χ1) is 13.0. The van der Waals surface area contributed by atoms with Gasteiger partial charge >= 0.3 is 11.9 Å². The summed E-state index contributed by atoms with van der Waals surface area (Å²) in [5.41, 5.74) is -1.97. The molecule has 0 saturated carbocycles. The number of hydrogen-bond donors (Lipinski definition) is 1. The second-order valence-corrected chi connectivity index (χ2v) is 6.22. The topological polar surface area (TPSA) is 82.3 Å². The zero-order valence-electron chi connectivity index (χ0n) is 14.3. The van der Waals surface area contributed by atoms with Crippen molar-refractivity contribution in [3.05, 3.63) is 66.4 Å². The number of rotatable bonds is 4. The van der Waals surface area contributed by atoms with Gasteiger partial charge in [0.05, 0.1) is 12.8 Å². The van der Waals surface area contributed by atoms with Crippen molar-refractivity contribution in [3.8, 4) is 5.69 Å². The zero-order valence-corrected chi connectivity index (χ0v) is 15.8. The van der Waals surface area contributed by atoms with Crippen molar-refractivity contribution < 1.29 is 22.8 Å². The SMILES string of the molecule is CONC(=O)C(Cl)=Cc1cc(Cl)ccc1-n1c(=O)cc(C(F)(F)F)n(C)c1=O. The zero-order chi connectivity index (χ0) is 21.2. The average molecular weight is 438 g/mol. The first kappa shape index (κ1) is 21.7. The van der Waals surface area contributed by atoms with Crippen molar-refractivity contribution in [1.82, 2.24) is 14.6 Å². The molecule has 1 heterocycles. The number of hydroxylamine groups is 1. The van der Waals surface area contributed by atoms with E-state index in [0.29, 0.717) is 15.2 Å². The molecule has 0 fully saturated rings. The monoisotopic (exact) mass is 437 g/mol. The van der Waals surface area contributed by atoms with Gasteiger partial charge in [-0.1, -0.05) is 23.2 Å². The van der Waals surface area contributed by atoms with Crippen LogP contribution in [0, 0.1) is 0 Å². The minimum Gasteiger partial charge on any atom is -0.292 e. The highest BCUT2D eigenvalue weighted by molar-refractivity contribution is 6.44. The van der Waals surface area contributed by atoms with Gasteiger partial charge in [-0.25, -0.2) is 14.8 Å². The smallest absolute Gasteiger partial charge is 0.292 e. The van der Waals surface area contributed by atoms with Gasteiger partial charge in [0, 0.05) is 23.7 Å². The van der Waals surface area contributed by atoms with Crippen LogP contribution in [0.5, 0.6) is 0 Å². The third kappa shape index (κ3) is 4.46. The molecule has 12 heteroatoms. The van der Waals surface area contributed by atoms with Crippen LogP contribution >= 0.6 is 23.2 Å². The fourth-order valence-electron chi connectivity index (χ4n) is 2.31. The van der Waals surface area contributed by atoms with Crippen LogP contribution in [0.15, 0.2) is 38.9 Å². The molecule has 0 bridgehead atoms. The molecule has 0 radical (unpaired) electrons. The molecule has 1 amide bonds. The van der Waals surface area contributed by atoms with Gasteiger partial charge in [-0.2, -0.15) is 13.2 Å². The van der Waals surface area contributed by atoms with Crippen molar-refractivity contribution in [2.24, 2.45) is 7.05 Å². The molecular weight excluding hydrogens is 426 g/mol. The van der Waals surface area contributed by atoms with Gasteiger partial charge < -0.3 is 0 Å². The molecule has 28 heavy (non-hydrogen) atoms. The Morgan fingerprint density at radius 1 is 1.25 bits per heavy atom. The quantitative estimate of drug-likeness (QED) is 0.588. The Bertz CT molecular complexity index is 1070. The van der Waals surface area contributed by atoms with Gasteiger partial charge in [0.1, 0.15) is 10.7 Å². The number of benzene rings is 1. The van der Waals surface area contributed by atoms with Crippen LogP contribution in [0.3, 0.4) is 0 Å². The summed E-state index contributed by atoms with van der Waals surface area (Å²) < 4.78 is 39.8. The maximum absolute atomic E-state index is 13.0. The van der Waals surface area contributed by atoms with E-state index in [0.717, 1.165) is 13.1 Å². The van der Waals surface area contributed by atoms with Crippen LogP contribution < -0.4 is 16.7 Å². The highest BCUT2D eigenvalue weighted by Crippen LogP contribution is 2.27. The van der Waals surface area contributed by atoms with Gasteiger partial charge in [-0.3, -0.25) is 19.0 Å². The fraction of sp³-hybridized carbons (Fsp3) is 0.188. The van der Waals surface area contributed by atoms with E-state index >= 15 is 0 Å². The Morgan fingerprint density at radius 2 is 1.89 bits per heavy atom. The number of hydrogen-bond acceptors (Lipinski definition) is 4. The molecule has 0 spiro atoms. The molecule has 1 aromatic heterocycles. The number of carbonyl (C=O) groups is 1. The minimum atomic E-state index is -4.89. The first-order valence-electron chi connectivity index (χ1n) is 7.38. The number of nitrogens with one attached hydrogen (secondary N) is 1. The van der Waals surface area contributed by atoms with E-state index in [1.807, 2.05) is 5.48 Å². The van der Waals surface area contributed by atoms with Gasteiger partial charge in [0.25, 0.3) is 11.5 Å². The predicted molar refractivity (Wildman–Crippen MR) is 96.3 cm³/mol. The summed E-state index contributed by atoms with van der Waals surface area (Å²) in [5, 5.41) is -0.217. The predicted octanol–water partition coefficient (Wildman–Crippen LogP) is 2.47. The summed E-state index contributed by atoms with van der Waals surface area (Å²) in [6, 6.07) is 4.13. The number of amides is 1. The molecule has 0 saturated heterocycles. The van der Waals surface area contributed by atoms with E-state index in [1.165, 1.54) is 25.3 Å². The van der Waals surface area contributed by atoms with Crippen molar-refractivity contribution in [2.45, 2.75) is 6.18 Å². The number of halogens is 5. The lowest BCUT2D eigenvalue weighted by molar-refractivity contribution is -0.144. The molecular formula is C16H12Cl2F3N3O4. The van der Waals surface area contributed by atoms with Crippen LogP contribution in [-0.2, 0) is 22.9 Å². The van der Waals surface area contributed by atoms with Crippen LogP contribution in [0.1, 0.15) is 11.3 Å². The van der Waals surface area contributed by atoms with Gasteiger partial charge in [0.15, 0.2) is 0 Å². The maximum Gasteiger partial charge on any atom is 0.431 e. The molecule has 1 aromatic carbocycles.